The molecule has 1 aromatic carbocycles. The van der Waals surface area contributed by atoms with Gasteiger partial charge in [-0.1, -0.05) is 18.2 Å². The van der Waals surface area contributed by atoms with Crippen LogP contribution in [-0.2, 0) is 7.05 Å². The van der Waals surface area contributed by atoms with Crippen LogP contribution < -0.4 is 4.74 Å². The number of nitrogens with zero attached hydrogens (tertiary/aromatic N) is 5. The van der Waals surface area contributed by atoms with Gasteiger partial charge in [0.15, 0.2) is 0 Å². The predicted molar refractivity (Wildman–Crippen MR) is 109 cm³/mol. The summed E-state index contributed by atoms with van der Waals surface area (Å²) in [6.07, 6.45) is 2.61. The van der Waals surface area contributed by atoms with E-state index in [0.717, 1.165) is 34.9 Å². The fourth-order valence-corrected chi connectivity index (χ4v) is 3.72. The molecule has 4 rings (SSSR count). The molecule has 1 saturated heterocycles. The average Bonchev–Trinajstić information content (AvgIpc) is 3.29. The molecule has 1 atom stereocenters. The number of amides is 1. The van der Waals surface area contributed by atoms with Crippen LogP contribution in [0.15, 0.2) is 36.5 Å². The van der Waals surface area contributed by atoms with Gasteiger partial charge in [-0.15, -0.1) is 0 Å². The first-order valence-corrected chi connectivity index (χ1v) is 9.79. The first-order valence-electron chi connectivity index (χ1n) is 9.79. The van der Waals surface area contributed by atoms with Crippen LogP contribution in [0.4, 0.5) is 0 Å². The molecule has 0 bridgehead atoms. The van der Waals surface area contributed by atoms with Crippen molar-refractivity contribution in [1.29, 1.82) is 0 Å². The van der Waals surface area contributed by atoms with E-state index in [1.165, 1.54) is 0 Å². The van der Waals surface area contributed by atoms with Crippen molar-refractivity contribution in [2.75, 3.05) is 13.1 Å². The Bertz CT molecular complexity index is 1060. The van der Waals surface area contributed by atoms with Crippen LogP contribution in [0.2, 0.25) is 0 Å². The molecule has 0 unspecified atom stereocenters. The predicted octanol–water partition coefficient (Wildman–Crippen LogP) is 3.56. The molecule has 7 heteroatoms. The largest absolute Gasteiger partial charge is 0.439 e. The molecule has 0 radical (unpaired) electrons. The lowest BCUT2D eigenvalue weighted by atomic mass is 10.1. The van der Waals surface area contributed by atoms with E-state index in [1.54, 1.807) is 10.9 Å². The van der Waals surface area contributed by atoms with Gasteiger partial charge in [-0.3, -0.25) is 9.48 Å². The second kappa shape index (κ2) is 7.66. The first-order chi connectivity index (χ1) is 13.9. The maximum absolute atomic E-state index is 12.9. The van der Waals surface area contributed by atoms with E-state index >= 15 is 0 Å². The maximum Gasteiger partial charge on any atom is 0.257 e. The van der Waals surface area contributed by atoms with Gasteiger partial charge >= 0.3 is 0 Å². The minimum absolute atomic E-state index is 0.0159. The molecular formula is C22H25N5O2. The summed E-state index contributed by atoms with van der Waals surface area (Å²) in [6.45, 7) is 7.08. The van der Waals surface area contributed by atoms with Gasteiger partial charge in [-0.05, 0) is 38.8 Å². The summed E-state index contributed by atoms with van der Waals surface area (Å²) in [4.78, 5) is 24.0. The summed E-state index contributed by atoms with van der Waals surface area (Å²) < 4.78 is 7.69. The zero-order valence-electron chi connectivity index (χ0n) is 17.2. The Morgan fingerprint density at radius 3 is 2.69 bits per heavy atom. The molecule has 1 amide bonds. The third-order valence-corrected chi connectivity index (χ3v) is 5.24. The maximum atomic E-state index is 12.9. The third kappa shape index (κ3) is 3.99. The number of aryl methyl sites for hydroxylation is 4. The number of para-hydroxylation sites is 1. The van der Waals surface area contributed by atoms with E-state index in [0.29, 0.717) is 24.5 Å². The third-order valence-electron chi connectivity index (χ3n) is 5.24. The van der Waals surface area contributed by atoms with Crippen molar-refractivity contribution in [3.63, 3.8) is 0 Å². The van der Waals surface area contributed by atoms with Crippen LogP contribution in [0.1, 0.15) is 45.5 Å². The van der Waals surface area contributed by atoms with Crippen LogP contribution in [0, 0.1) is 20.8 Å². The summed E-state index contributed by atoms with van der Waals surface area (Å²) >= 11 is 0. The molecule has 1 fully saturated rings. The second-order valence-electron chi connectivity index (χ2n) is 7.61. The standard InChI is InChI=1S/C22H25N5O2/c1-14-7-5-6-8-19(14)29-20-11-15(2)23-21(24-20)17-9-10-27(12-17)22(28)18-13-26(4)25-16(18)3/h5-8,11,13,17H,9-10,12H2,1-4H3/t17-/m0/s1. The van der Waals surface area contributed by atoms with Crippen molar-refractivity contribution in [1.82, 2.24) is 24.6 Å². The monoisotopic (exact) mass is 391 g/mol. The van der Waals surface area contributed by atoms with Gasteiger partial charge in [-0.25, -0.2) is 4.98 Å². The number of likely N-dealkylation sites (tertiary alicyclic amines) is 1. The normalized spacial score (nSPS) is 16.3. The van der Waals surface area contributed by atoms with E-state index < -0.39 is 0 Å². The molecule has 0 spiro atoms. The SMILES string of the molecule is Cc1cc(Oc2ccccc2C)nc([C@H]2CCN(C(=O)c3cn(C)nc3C)C2)n1. The number of aromatic nitrogens is 4. The van der Waals surface area contributed by atoms with Crippen LogP contribution in [0.5, 0.6) is 11.6 Å². The Hall–Kier alpha value is -3.22. The molecule has 3 aromatic rings. The van der Waals surface area contributed by atoms with Crippen molar-refractivity contribution in [3.05, 3.63) is 64.9 Å². The topological polar surface area (TPSA) is 73.1 Å². The van der Waals surface area contributed by atoms with Gasteiger partial charge in [0.1, 0.15) is 11.6 Å². The number of ether oxygens (including phenoxy) is 1. The van der Waals surface area contributed by atoms with Gasteiger partial charge in [0.25, 0.3) is 5.91 Å². The highest BCUT2D eigenvalue weighted by Gasteiger charge is 2.31. The lowest BCUT2D eigenvalue weighted by Gasteiger charge is -2.16. The van der Waals surface area contributed by atoms with Crippen LogP contribution in [-0.4, -0.2) is 43.6 Å². The van der Waals surface area contributed by atoms with Crippen molar-refractivity contribution in [2.45, 2.75) is 33.1 Å². The summed E-state index contributed by atoms with van der Waals surface area (Å²) in [5, 5.41) is 4.28. The molecule has 0 aliphatic carbocycles. The van der Waals surface area contributed by atoms with E-state index in [4.69, 9.17) is 4.74 Å². The van der Waals surface area contributed by atoms with Crippen molar-refractivity contribution >= 4 is 5.91 Å². The van der Waals surface area contributed by atoms with Gasteiger partial charge in [0, 0.05) is 44.0 Å². The van der Waals surface area contributed by atoms with Crippen molar-refractivity contribution in [3.8, 4) is 11.6 Å². The number of carbonyl (C=O) groups excluding carboxylic acids is 1. The highest BCUT2D eigenvalue weighted by Crippen LogP contribution is 2.29. The Labute approximate surface area is 170 Å². The second-order valence-corrected chi connectivity index (χ2v) is 7.61. The lowest BCUT2D eigenvalue weighted by molar-refractivity contribution is 0.0789. The van der Waals surface area contributed by atoms with Crippen LogP contribution in [0.25, 0.3) is 0 Å². The summed E-state index contributed by atoms with van der Waals surface area (Å²) in [7, 11) is 1.83. The molecule has 0 saturated carbocycles. The van der Waals surface area contributed by atoms with E-state index in [1.807, 2.05) is 63.1 Å². The van der Waals surface area contributed by atoms with Gasteiger partial charge in [0.2, 0.25) is 5.88 Å². The van der Waals surface area contributed by atoms with Crippen molar-refractivity contribution < 1.29 is 9.53 Å². The smallest absolute Gasteiger partial charge is 0.257 e. The molecule has 1 aliphatic heterocycles. The number of hydrogen-bond acceptors (Lipinski definition) is 5. The zero-order chi connectivity index (χ0) is 20.5. The molecule has 3 heterocycles. The Morgan fingerprint density at radius 2 is 1.97 bits per heavy atom. The Morgan fingerprint density at radius 1 is 1.17 bits per heavy atom. The summed E-state index contributed by atoms with van der Waals surface area (Å²) in [5.74, 6) is 2.16. The van der Waals surface area contributed by atoms with Gasteiger partial charge in [-0.2, -0.15) is 10.1 Å². The van der Waals surface area contributed by atoms with E-state index in [-0.39, 0.29) is 11.8 Å². The first kappa shape index (κ1) is 19.1. The van der Waals surface area contributed by atoms with Gasteiger partial charge in [0.05, 0.1) is 11.3 Å². The van der Waals surface area contributed by atoms with Crippen molar-refractivity contribution in [2.24, 2.45) is 7.05 Å². The average molecular weight is 391 g/mol. The molecule has 0 N–H and O–H groups in total. The minimum Gasteiger partial charge on any atom is -0.439 e. The highest BCUT2D eigenvalue weighted by atomic mass is 16.5. The Kier molecular flexibility index (Phi) is 5.05. The van der Waals surface area contributed by atoms with Crippen LogP contribution >= 0.6 is 0 Å². The number of rotatable bonds is 4. The number of carbonyl (C=O) groups is 1. The quantitative estimate of drug-likeness (QED) is 0.680. The molecule has 29 heavy (non-hydrogen) atoms. The lowest BCUT2D eigenvalue weighted by Crippen LogP contribution is -2.29. The van der Waals surface area contributed by atoms with Crippen LogP contribution in [0.3, 0.4) is 0 Å². The molecule has 150 valence electrons. The molecule has 7 nitrogen and oxygen atoms in total. The van der Waals surface area contributed by atoms with Gasteiger partial charge < -0.3 is 9.64 Å². The molecular weight excluding hydrogens is 366 g/mol. The van der Waals surface area contributed by atoms with E-state index in [2.05, 4.69) is 15.1 Å². The number of hydrogen-bond donors (Lipinski definition) is 0. The molecule has 2 aromatic heterocycles. The molecule has 1 aliphatic rings. The summed E-state index contributed by atoms with van der Waals surface area (Å²) in [5.41, 5.74) is 3.31. The fourth-order valence-electron chi connectivity index (χ4n) is 3.72. The summed E-state index contributed by atoms with van der Waals surface area (Å²) in [6, 6.07) is 9.70. The fraction of sp³-hybridized carbons (Fsp3) is 0.364. The number of benzene rings is 1. The van der Waals surface area contributed by atoms with E-state index in [9.17, 15) is 4.79 Å². The zero-order valence-corrected chi connectivity index (χ0v) is 17.2. The minimum atomic E-state index is 0.0159. The Balaban J connectivity index is 1.52. The highest BCUT2D eigenvalue weighted by molar-refractivity contribution is 5.95.